The van der Waals surface area contributed by atoms with Crippen LogP contribution in [-0.2, 0) is 4.79 Å². The highest BCUT2D eigenvalue weighted by Crippen LogP contribution is 2.54. The molecule has 56 valence electrons. The number of hydrogen-bond donors (Lipinski definition) is 0. The highest BCUT2D eigenvalue weighted by atomic mass is 35.5. The number of carbonyl (C=O) groups excluding carboxylic acids is 1. The first-order chi connectivity index (χ1) is 4.66. The fourth-order valence-electron chi connectivity index (χ4n) is 2.29. The van der Waals surface area contributed by atoms with Gasteiger partial charge in [-0.1, -0.05) is 13.3 Å². The molecule has 3 atom stereocenters. The average molecular weight is 159 g/mol. The van der Waals surface area contributed by atoms with Gasteiger partial charge in [0.1, 0.15) is 4.87 Å². The monoisotopic (exact) mass is 158 g/mol. The van der Waals surface area contributed by atoms with E-state index in [0.717, 1.165) is 19.3 Å². The Balaban J connectivity index is 2.28. The van der Waals surface area contributed by atoms with Crippen LogP contribution < -0.4 is 0 Å². The Morgan fingerprint density at radius 2 is 2.40 bits per heavy atom. The predicted octanol–water partition coefficient (Wildman–Crippen LogP) is 1.98. The fraction of sp³-hybridized carbons (Fsp3) is 0.875. The van der Waals surface area contributed by atoms with E-state index in [0.29, 0.717) is 17.6 Å². The molecule has 2 heteroatoms. The van der Waals surface area contributed by atoms with E-state index in [1.807, 2.05) is 0 Å². The molecule has 0 N–H and O–H groups in total. The molecular formula is C8H11ClO. The lowest BCUT2D eigenvalue weighted by atomic mass is 9.56. The Morgan fingerprint density at radius 1 is 1.70 bits per heavy atom. The summed E-state index contributed by atoms with van der Waals surface area (Å²) in [5, 5.41) is 0. The van der Waals surface area contributed by atoms with E-state index in [2.05, 4.69) is 6.92 Å². The topological polar surface area (TPSA) is 17.1 Å². The number of carbonyl (C=O) groups is 1. The lowest BCUT2D eigenvalue weighted by Gasteiger charge is -2.52. The maximum Gasteiger partial charge on any atom is 0.157 e. The van der Waals surface area contributed by atoms with Gasteiger partial charge < -0.3 is 0 Å². The Bertz CT molecular complexity index is 190. The number of halogens is 1. The van der Waals surface area contributed by atoms with Gasteiger partial charge in [0.05, 0.1) is 0 Å². The van der Waals surface area contributed by atoms with Crippen LogP contribution in [0, 0.1) is 11.8 Å². The van der Waals surface area contributed by atoms with Crippen molar-refractivity contribution in [2.24, 2.45) is 11.8 Å². The summed E-state index contributed by atoms with van der Waals surface area (Å²) in [5.41, 5.74) is 0. The van der Waals surface area contributed by atoms with Gasteiger partial charge in [-0.25, -0.2) is 0 Å². The molecule has 1 nitrogen and oxygen atoms in total. The minimum atomic E-state index is -0.428. The summed E-state index contributed by atoms with van der Waals surface area (Å²) in [7, 11) is 0. The van der Waals surface area contributed by atoms with Crippen molar-refractivity contribution in [3.05, 3.63) is 0 Å². The summed E-state index contributed by atoms with van der Waals surface area (Å²) in [5.74, 6) is 1.06. The molecule has 0 radical (unpaired) electrons. The zero-order chi connectivity index (χ0) is 7.35. The van der Waals surface area contributed by atoms with Gasteiger partial charge in [0.15, 0.2) is 5.78 Å². The molecule has 0 amide bonds. The van der Waals surface area contributed by atoms with Crippen LogP contribution in [0.5, 0.6) is 0 Å². The van der Waals surface area contributed by atoms with Crippen LogP contribution in [-0.4, -0.2) is 10.7 Å². The van der Waals surface area contributed by atoms with Crippen molar-refractivity contribution in [1.82, 2.24) is 0 Å². The zero-order valence-electron chi connectivity index (χ0n) is 6.06. The van der Waals surface area contributed by atoms with Crippen LogP contribution in [0.25, 0.3) is 0 Å². The Labute approximate surface area is 65.7 Å². The molecule has 3 aliphatic rings. The first-order valence-corrected chi connectivity index (χ1v) is 4.27. The van der Waals surface area contributed by atoms with E-state index < -0.39 is 4.87 Å². The van der Waals surface area contributed by atoms with Crippen molar-refractivity contribution in [2.45, 2.75) is 31.1 Å². The fourth-order valence-corrected chi connectivity index (χ4v) is 2.72. The quantitative estimate of drug-likeness (QED) is 0.493. The summed E-state index contributed by atoms with van der Waals surface area (Å²) in [6.45, 7) is 2.10. The summed E-state index contributed by atoms with van der Waals surface area (Å²) < 4.78 is 0. The number of alkyl halides is 1. The summed E-state index contributed by atoms with van der Waals surface area (Å²) in [6.07, 6.45) is 3.13. The number of hydrogen-bond acceptors (Lipinski definition) is 1. The van der Waals surface area contributed by atoms with Crippen LogP contribution in [0.1, 0.15) is 26.2 Å². The Morgan fingerprint density at radius 3 is 2.70 bits per heavy atom. The van der Waals surface area contributed by atoms with Crippen LogP contribution >= 0.6 is 11.6 Å². The first kappa shape index (κ1) is 6.66. The second-order valence-electron chi connectivity index (χ2n) is 3.51. The minimum Gasteiger partial charge on any atom is -0.297 e. The smallest absolute Gasteiger partial charge is 0.157 e. The van der Waals surface area contributed by atoms with Crippen molar-refractivity contribution >= 4 is 17.4 Å². The molecule has 0 unspecified atom stereocenters. The number of rotatable bonds is 0. The van der Waals surface area contributed by atoms with Crippen molar-refractivity contribution in [2.75, 3.05) is 0 Å². The SMILES string of the molecule is C[C@@H]1[C@H]2CCC[C@]1(Cl)C2=O. The summed E-state index contributed by atoms with van der Waals surface area (Å²) in [4.78, 5) is 10.8. The van der Waals surface area contributed by atoms with E-state index in [1.54, 1.807) is 0 Å². The largest absolute Gasteiger partial charge is 0.297 e. The second kappa shape index (κ2) is 1.76. The maximum atomic E-state index is 11.2. The maximum absolute atomic E-state index is 11.2. The molecule has 3 fully saturated rings. The number of fused-ring (bicyclic) bond motifs is 2. The minimum absolute atomic E-state index is 0.311. The molecule has 0 aromatic rings. The van der Waals surface area contributed by atoms with E-state index in [9.17, 15) is 4.79 Å². The van der Waals surface area contributed by atoms with Gasteiger partial charge >= 0.3 is 0 Å². The average Bonchev–Trinajstić information content (AvgIpc) is 1.95. The highest BCUT2D eigenvalue weighted by molar-refractivity contribution is 6.38. The third-order valence-electron chi connectivity index (χ3n) is 3.13. The second-order valence-corrected chi connectivity index (χ2v) is 4.19. The first-order valence-electron chi connectivity index (χ1n) is 3.89. The molecule has 0 saturated heterocycles. The molecule has 0 aromatic heterocycles. The van der Waals surface area contributed by atoms with Gasteiger partial charge in [0.25, 0.3) is 0 Å². The molecule has 0 heterocycles. The molecule has 0 aromatic carbocycles. The van der Waals surface area contributed by atoms with Gasteiger partial charge in [-0.15, -0.1) is 11.6 Å². The highest BCUT2D eigenvalue weighted by Gasteiger charge is 2.60. The third kappa shape index (κ3) is 0.531. The molecule has 10 heavy (non-hydrogen) atoms. The summed E-state index contributed by atoms with van der Waals surface area (Å²) >= 11 is 6.09. The molecule has 0 spiro atoms. The van der Waals surface area contributed by atoms with Gasteiger partial charge in [0, 0.05) is 5.92 Å². The zero-order valence-corrected chi connectivity index (χ0v) is 6.82. The van der Waals surface area contributed by atoms with Gasteiger partial charge in [-0.2, -0.15) is 0 Å². The van der Waals surface area contributed by atoms with E-state index in [4.69, 9.17) is 11.6 Å². The van der Waals surface area contributed by atoms with Gasteiger partial charge in [-0.05, 0) is 18.8 Å². The Kier molecular flexibility index (Phi) is 1.17. The molecule has 2 bridgehead atoms. The lowest BCUT2D eigenvalue weighted by molar-refractivity contribution is -0.143. The summed E-state index contributed by atoms with van der Waals surface area (Å²) in [6, 6.07) is 0. The number of Topliss-reactive ketones (excluding diaryl/α,β-unsaturated/α-hetero) is 1. The van der Waals surface area contributed by atoms with Gasteiger partial charge in [-0.3, -0.25) is 4.79 Å². The molecular weight excluding hydrogens is 148 g/mol. The molecule has 3 aliphatic carbocycles. The van der Waals surface area contributed by atoms with Crippen molar-refractivity contribution < 1.29 is 4.79 Å². The van der Waals surface area contributed by atoms with E-state index >= 15 is 0 Å². The van der Waals surface area contributed by atoms with Crippen LogP contribution in [0.15, 0.2) is 0 Å². The molecule has 3 saturated carbocycles. The van der Waals surface area contributed by atoms with E-state index in [1.165, 1.54) is 0 Å². The van der Waals surface area contributed by atoms with Crippen molar-refractivity contribution in [3.63, 3.8) is 0 Å². The van der Waals surface area contributed by atoms with Crippen molar-refractivity contribution in [1.29, 1.82) is 0 Å². The predicted molar refractivity (Wildman–Crippen MR) is 40.1 cm³/mol. The van der Waals surface area contributed by atoms with E-state index in [-0.39, 0.29) is 0 Å². The lowest BCUT2D eigenvalue weighted by Crippen LogP contribution is -2.61. The number of ketones is 1. The normalized spacial score (nSPS) is 52.4. The molecule has 0 aliphatic heterocycles. The van der Waals surface area contributed by atoms with Crippen LogP contribution in [0.2, 0.25) is 0 Å². The standard InChI is InChI=1S/C8H11ClO/c1-5-6-3-2-4-8(5,9)7(6)10/h5-6H,2-4H2,1H3/t5-,6-,8-/m1/s1. The third-order valence-corrected chi connectivity index (χ3v) is 3.85. The van der Waals surface area contributed by atoms with Gasteiger partial charge in [0.2, 0.25) is 0 Å². The van der Waals surface area contributed by atoms with Crippen LogP contribution in [0.4, 0.5) is 0 Å². The van der Waals surface area contributed by atoms with Crippen LogP contribution in [0.3, 0.4) is 0 Å². The Hall–Kier alpha value is -0.0400. The molecule has 3 rings (SSSR count). The van der Waals surface area contributed by atoms with Crippen molar-refractivity contribution in [3.8, 4) is 0 Å².